The molecule has 0 aliphatic rings. The Labute approximate surface area is 140 Å². The van der Waals surface area contributed by atoms with Gasteiger partial charge in [0.25, 0.3) is 0 Å². The fourth-order valence-corrected chi connectivity index (χ4v) is 2.42. The van der Waals surface area contributed by atoms with Crippen molar-refractivity contribution in [2.45, 2.75) is 6.92 Å². The number of nitrogens with zero attached hydrogens (tertiary/aromatic N) is 2. The second-order valence-corrected chi connectivity index (χ2v) is 5.40. The summed E-state index contributed by atoms with van der Waals surface area (Å²) in [6, 6.07) is 19.5. The molecule has 0 spiro atoms. The lowest BCUT2D eigenvalue weighted by Crippen LogP contribution is -1.97. The summed E-state index contributed by atoms with van der Waals surface area (Å²) in [4.78, 5) is 4.54. The van der Waals surface area contributed by atoms with Gasteiger partial charge in [0.15, 0.2) is 0 Å². The topological polar surface area (TPSA) is 26.5 Å². The number of hydrogen-bond donors (Lipinski definition) is 0. The minimum Gasteiger partial charge on any atom is -0.494 e. The highest BCUT2D eigenvalue weighted by Crippen LogP contribution is 2.20. The quantitative estimate of drug-likeness (QED) is 0.586. The molecule has 23 heavy (non-hydrogen) atoms. The molecule has 0 fully saturated rings. The number of rotatable bonds is 5. The van der Waals surface area contributed by atoms with Gasteiger partial charge in [0.1, 0.15) is 5.75 Å². The van der Waals surface area contributed by atoms with E-state index in [1.165, 1.54) is 0 Å². The van der Waals surface area contributed by atoms with Crippen LogP contribution in [0.4, 0.5) is 5.69 Å². The van der Waals surface area contributed by atoms with Crippen molar-refractivity contribution in [1.29, 1.82) is 0 Å². The Morgan fingerprint density at radius 2 is 1.91 bits per heavy atom. The molecule has 1 heterocycles. The third kappa shape index (κ3) is 3.82. The van der Waals surface area contributed by atoms with Crippen LogP contribution < -0.4 is 4.74 Å². The van der Waals surface area contributed by atoms with Crippen LogP contribution in [-0.4, -0.2) is 17.4 Å². The summed E-state index contributed by atoms with van der Waals surface area (Å²) in [6.07, 6.45) is 3.85. The van der Waals surface area contributed by atoms with E-state index in [1.54, 1.807) is 0 Å². The number of benzene rings is 2. The van der Waals surface area contributed by atoms with Gasteiger partial charge in [-0.05, 0) is 55.5 Å². The molecule has 0 amide bonds. The Kier molecular flexibility index (Phi) is 4.79. The Bertz CT molecular complexity index is 806. The minimum absolute atomic E-state index is 0.645. The second kappa shape index (κ2) is 7.16. The second-order valence-electron chi connectivity index (χ2n) is 4.97. The maximum Gasteiger partial charge on any atom is 0.121 e. The van der Waals surface area contributed by atoms with Gasteiger partial charge in [0.05, 0.1) is 24.2 Å². The van der Waals surface area contributed by atoms with Crippen LogP contribution in [0.15, 0.2) is 71.9 Å². The van der Waals surface area contributed by atoms with Gasteiger partial charge in [0.2, 0.25) is 0 Å². The number of ether oxygens (including phenoxy) is 1. The van der Waals surface area contributed by atoms with Gasteiger partial charge in [-0.15, -0.1) is 0 Å². The van der Waals surface area contributed by atoms with Crippen LogP contribution >= 0.6 is 11.6 Å². The highest BCUT2D eigenvalue weighted by molar-refractivity contribution is 6.30. The Hall–Kier alpha value is -2.52. The average Bonchev–Trinajstić information content (AvgIpc) is 3.03. The zero-order valence-electron chi connectivity index (χ0n) is 12.8. The van der Waals surface area contributed by atoms with Gasteiger partial charge in [-0.25, -0.2) is 0 Å². The lowest BCUT2D eigenvalue weighted by molar-refractivity contribution is 0.340. The molecule has 0 N–H and O–H groups in total. The monoisotopic (exact) mass is 324 g/mol. The van der Waals surface area contributed by atoms with Gasteiger partial charge in [-0.3, -0.25) is 4.99 Å². The fraction of sp³-hybridized carbons (Fsp3) is 0.105. The van der Waals surface area contributed by atoms with Crippen molar-refractivity contribution in [2.75, 3.05) is 6.61 Å². The molecule has 4 heteroatoms. The van der Waals surface area contributed by atoms with E-state index in [2.05, 4.69) is 9.56 Å². The van der Waals surface area contributed by atoms with E-state index >= 15 is 0 Å². The first-order valence-electron chi connectivity index (χ1n) is 7.46. The first kappa shape index (κ1) is 15.4. The third-order valence-corrected chi connectivity index (χ3v) is 3.61. The largest absolute Gasteiger partial charge is 0.494 e. The van der Waals surface area contributed by atoms with Gasteiger partial charge in [-0.1, -0.05) is 17.7 Å². The van der Waals surface area contributed by atoms with Crippen molar-refractivity contribution in [1.82, 2.24) is 4.57 Å². The smallest absolute Gasteiger partial charge is 0.121 e. The Balaban J connectivity index is 1.85. The van der Waals surface area contributed by atoms with E-state index in [4.69, 9.17) is 16.3 Å². The molecule has 0 atom stereocenters. The molecule has 0 saturated carbocycles. The van der Waals surface area contributed by atoms with E-state index in [0.29, 0.717) is 6.61 Å². The van der Waals surface area contributed by atoms with E-state index in [1.807, 2.05) is 80.0 Å². The van der Waals surface area contributed by atoms with Crippen molar-refractivity contribution in [3.8, 4) is 11.4 Å². The van der Waals surface area contributed by atoms with E-state index < -0.39 is 0 Å². The molecule has 3 aromatic rings. The third-order valence-electron chi connectivity index (χ3n) is 3.36. The van der Waals surface area contributed by atoms with Crippen LogP contribution in [0.3, 0.4) is 0 Å². The molecule has 0 bridgehead atoms. The molecule has 0 unspecified atom stereocenters. The van der Waals surface area contributed by atoms with Crippen molar-refractivity contribution in [3.05, 3.63) is 77.6 Å². The zero-order chi connectivity index (χ0) is 16.1. The van der Waals surface area contributed by atoms with E-state index in [0.717, 1.165) is 27.8 Å². The lowest BCUT2D eigenvalue weighted by Gasteiger charge is -2.06. The molecule has 1 aromatic heterocycles. The summed E-state index contributed by atoms with van der Waals surface area (Å²) >= 11 is 5.95. The molecular formula is C19H17ClN2O. The molecule has 2 aromatic carbocycles. The highest BCUT2D eigenvalue weighted by atomic mass is 35.5. The fourth-order valence-electron chi connectivity index (χ4n) is 2.30. The van der Waals surface area contributed by atoms with Gasteiger partial charge in [0, 0.05) is 23.0 Å². The molecule has 3 rings (SSSR count). The number of halogens is 1. The summed E-state index contributed by atoms with van der Waals surface area (Å²) in [5.41, 5.74) is 2.90. The number of aromatic nitrogens is 1. The predicted octanol–water partition coefficient (Wildman–Crippen LogP) is 5.28. The normalized spacial score (nSPS) is 11.0. The summed E-state index contributed by atoms with van der Waals surface area (Å²) in [6.45, 7) is 2.61. The van der Waals surface area contributed by atoms with Crippen LogP contribution in [0.5, 0.6) is 5.75 Å². The molecular weight excluding hydrogens is 308 g/mol. The maximum absolute atomic E-state index is 5.95. The van der Waals surface area contributed by atoms with Crippen LogP contribution in [0.1, 0.15) is 12.6 Å². The van der Waals surface area contributed by atoms with Gasteiger partial charge < -0.3 is 9.30 Å². The Morgan fingerprint density at radius 1 is 1.09 bits per heavy atom. The molecule has 0 aliphatic heterocycles. The van der Waals surface area contributed by atoms with E-state index in [9.17, 15) is 0 Å². The lowest BCUT2D eigenvalue weighted by atomic mass is 10.3. The SMILES string of the molecule is CCOc1cccc(N=Cc2cccn2-c2ccc(Cl)cc2)c1. The number of aliphatic imine (C=N–C) groups is 1. The van der Waals surface area contributed by atoms with Crippen molar-refractivity contribution >= 4 is 23.5 Å². The highest BCUT2D eigenvalue weighted by Gasteiger charge is 2.01. The predicted molar refractivity (Wildman–Crippen MR) is 95.6 cm³/mol. The van der Waals surface area contributed by atoms with Crippen LogP contribution in [0.25, 0.3) is 5.69 Å². The van der Waals surface area contributed by atoms with Crippen LogP contribution in [0.2, 0.25) is 5.02 Å². The standard InChI is InChI=1S/C19H17ClN2O/c1-2-23-19-7-3-5-16(13-19)21-14-18-6-4-12-22(18)17-10-8-15(20)9-11-17/h3-14H,2H2,1H3. The average molecular weight is 325 g/mol. The van der Waals surface area contributed by atoms with Crippen molar-refractivity contribution in [2.24, 2.45) is 4.99 Å². The van der Waals surface area contributed by atoms with Crippen molar-refractivity contribution in [3.63, 3.8) is 0 Å². The van der Waals surface area contributed by atoms with Crippen LogP contribution in [-0.2, 0) is 0 Å². The van der Waals surface area contributed by atoms with Gasteiger partial charge in [-0.2, -0.15) is 0 Å². The molecule has 3 nitrogen and oxygen atoms in total. The molecule has 0 aliphatic carbocycles. The van der Waals surface area contributed by atoms with E-state index in [-0.39, 0.29) is 0 Å². The first-order chi connectivity index (χ1) is 11.3. The summed E-state index contributed by atoms with van der Waals surface area (Å²) < 4.78 is 7.56. The summed E-state index contributed by atoms with van der Waals surface area (Å²) in [5.74, 6) is 0.829. The maximum atomic E-state index is 5.95. The van der Waals surface area contributed by atoms with Crippen molar-refractivity contribution < 1.29 is 4.74 Å². The number of hydrogen-bond acceptors (Lipinski definition) is 2. The molecule has 116 valence electrons. The van der Waals surface area contributed by atoms with Gasteiger partial charge >= 0.3 is 0 Å². The molecule has 0 radical (unpaired) electrons. The molecule has 0 saturated heterocycles. The first-order valence-corrected chi connectivity index (χ1v) is 7.84. The summed E-state index contributed by atoms with van der Waals surface area (Å²) in [5, 5.41) is 0.726. The zero-order valence-corrected chi connectivity index (χ0v) is 13.6. The van der Waals surface area contributed by atoms with Crippen LogP contribution in [0, 0.1) is 0 Å². The minimum atomic E-state index is 0.645. The Morgan fingerprint density at radius 3 is 2.70 bits per heavy atom. The summed E-state index contributed by atoms with van der Waals surface area (Å²) in [7, 11) is 0.